The SMILES string of the molecule is CNCC(O)C(O)c1cnn(-c2cccc(F)c2)c1. The van der Waals surface area contributed by atoms with Crippen LogP contribution in [0.2, 0.25) is 0 Å². The van der Waals surface area contributed by atoms with E-state index in [1.165, 1.54) is 23.0 Å². The molecule has 0 fully saturated rings. The molecule has 0 spiro atoms. The van der Waals surface area contributed by atoms with Crippen molar-refractivity contribution in [2.24, 2.45) is 0 Å². The molecule has 1 aromatic carbocycles. The van der Waals surface area contributed by atoms with Gasteiger partial charge in [0, 0.05) is 18.3 Å². The van der Waals surface area contributed by atoms with Gasteiger partial charge >= 0.3 is 0 Å². The van der Waals surface area contributed by atoms with Crippen LogP contribution in [0, 0.1) is 5.82 Å². The van der Waals surface area contributed by atoms with Crippen LogP contribution in [-0.2, 0) is 0 Å². The summed E-state index contributed by atoms with van der Waals surface area (Å²) in [5.41, 5.74) is 1.04. The van der Waals surface area contributed by atoms with E-state index < -0.39 is 12.2 Å². The highest BCUT2D eigenvalue weighted by molar-refractivity contribution is 5.32. The van der Waals surface area contributed by atoms with Gasteiger partial charge in [0.05, 0.1) is 18.0 Å². The van der Waals surface area contributed by atoms with Crippen LogP contribution in [0.25, 0.3) is 5.69 Å². The molecule has 2 rings (SSSR count). The molecule has 0 bridgehead atoms. The van der Waals surface area contributed by atoms with Crippen LogP contribution in [0.4, 0.5) is 4.39 Å². The molecule has 1 aromatic heterocycles. The highest BCUT2D eigenvalue weighted by Gasteiger charge is 2.19. The minimum atomic E-state index is -1.03. The molecule has 0 aliphatic carbocycles. The van der Waals surface area contributed by atoms with Crippen molar-refractivity contribution in [3.8, 4) is 5.69 Å². The Bertz CT molecular complexity index is 544. The lowest BCUT2D eigenvalue weighted by Gasteiger charge is -2.15. The second-order valence-electron chi connectivity index (χ2n) is 4.27. The topological polar surface area (TPSA) is 70.3 Å². The van der Waals surface area contributed by atoms with Gasteiger partial charge in [0.25, 0.3) is 0 Å². The quantitative estimate of drug-likeness (QED) is 0.741. The van der Waals surface area contributed by atoms with Crippen molar-refractivity contribution in [3.05, 3.63) is 48.0 Å². The van der Waals surface area contributed by atoms with Gasteiger partial charge in [-0.1, -0.05) is 6.07 Å². The summed E-state index contributed by atoms with van der Waals surface area (Å²) in [6.07, 6.45) is 1.07. The van der Waals surface area contributed by atoms with Crippen molar-refractivity contribution in [2.75, 3.05) is 13.6 Å². The molecule has 3 N–H and O–H groups in total. The first-order valence-corrected chi connectivity index (χ1v) is 5.93. The van der Waals surface area contributed by atoms with Crippen LogP contribution in [0.15, 0.2) is 36.7 Å². The number of hydrogen-bond donors (Lipinski definition) is 3. The second kappa shape index (κ2) is 5.92. The van der Waals surface area contributed by atoms with Gasteiger partial charge in [-0.25, -0.2) is 9.07 Å². The smallest absolute Gasteiger partial charge is 0.125 e. The minimum absolute atomic E-state index is 0.270. The number of aromatic nitrogens is 2. The molecule has 1 heterocycles. The highest BCUT2D eigenvalue weighted by atomic mass is 19.1. The zero-order valence-electron chi connectivity index (χ0n) is 10.5. The molecule has 5 nitrogen and oxygen atoms in total. The van der Waals surface area contributed by atoms with Gasteiger partial charge in [0.1, 0.15) is 11.9 Å². The summed E-state index contributed by atoms with van der Waals surface area (Å²) in [6, 6.07) is 5.97. The number of likely N-dealkylation sites (N-methyl/N-ethyl adjacent to an activating group) is 1. The fourth-order valence-electron chi connectivity index (χ4n) is 1.79. The third kappa shape index (κ3) is 3.17. The molecular formula is C13H16FN3O2. The highest BCUT2D eigenvalue weighted by Crippen LogP contribution is 2.18. The van der Waals surface area contributed by atoms with Crippen LogP contribution >= 0.6 is 0 Å². The fourth-order valence-corrected chi connectivity index (χ4v) is 1.79. The molecule has 0 aliphatic rings. The standard InChI is InChI=1S/C13H16FN3O2/c1-15-7-12(18)13(19)9-6-16-17(8-9)11-4-2-3-10(14)5-11/h2-6,8,12-13,15,18-19H,7H2,1H3. The first-order chi connectivity index (χ1) is 9.11. The zero-order chi connectivity index (χ0) is 13.8. The van der Waals surface area contributed by atoms with Gasteiger partial charge in [0.15, 0.2) is 0 Å². The van der Waals surface area contributed by atoms with E-state index in [4.69, 9.17) is 0 Å². The maximum atomic E-state index is 13.1. The Hall–Kier alpha value is -1.76. The Morgan fingerprint density at radius 2 is 2.21 bits per heavy atom. The number of nitrogens with one attached hydrogen (secondary N) is 1. The van der Waals surface area contributed by atoms with Crippen LogP contribution in [-0.4, -0.2) is 39.7 Å². The third-order valence-electron chi connectivity index (χ3n) is 2.79. The van der Waals surface area contributed by atoms with E-state index in [9.17, 15) is 14.6 Å². The minimum Gasteiger partial charge on any atom is -0.389 e. The lowest BCUT2D eigenvalue weighted by atomic mass is 10.1. The van der Waals surface area contributed by atoms with Gasteiger partial charge in [-0.3, -0.25) is 0 Å². The Kier molecular flexibility index (Phi) is 4.26. The molecule has 6 heteroatoms. The van der Waals surface area contributed by atoms with Gasteiger partial charge in [0.2, 0.25) is 0 Å². The predicted octanol–water partition coefficient (Wildman–Crippen LogP) is 0.625. The predicted molar refractivity (Wildman–Crippen MR) is 68.4 cm³/mol. The number of nitrogens with zero attached hydrogens (tertiary/aromatic N) is 2. The molecule has 0 saturated carbocycles. The fraction of sp³-hybridized carbons (Fsp3) is 0.308. The van der Waals surface area contributed by atoms with Crippen LogP contribution in [0.5, 0.6) is 0 Å². The van der Waals surface area contributed by atoms with Crippen molar-refractivity contribution in [1.29, 1.82) is 0 Å². The van der Waals surface area contributed by atoms with Crippen LogP contribution in [0.3, 0.4) is 0 Å². The molecular weight excluding hydrogens is 249 g/mol. The Morgan fingerprint density at radius 3 is 2.89 bits per heavy atom. The van der Waals surface area contributed by atoms with Gasteiger partial charge < -0.3 is 15.5 Å². The number of hydrogen-bond acceptors (Lipinski definition) is 4. The average molecular weight is 265 g/mol. The molecule has 0 amide bonds. The van der Waals surface area contributed by atoms with E-state index in [1.54, 1.807) is 25.4 Å². The largest absolute Gasteiger partial charge is 0.389 e. The summed E-state index contributed by atoms with van der Waals surface area (Å²) in [6.45, 7) is 0.270. The van der Waals surface area contributed by atoms with Crippen molar-refractivity contribution in [2.45, 2.75) is 12.2 Å². The molecule has 2 unspecified atom stereocenters. The average Bonchev–Trinajstić information content (AvgIpc) is 2.87. The molecule has 102 valence electrons. The van der Waals surface area contributed by atoms with E-state index in [-0.39, 0.29) is 12.4 Å². The Balaban J connectivity index is 2.19. The van der Waals surface area contributed by atoms with E-state index >= 15 is 0 Å². The molecule has 2 aromatic rings. The van der Waals surface area contributed by atoms with Crippen molar-refractivity contribution in [3.63, 3.8) is 0 Å². The van der Waals surface area contributed by atoms with E-state index in [0.29, 0.717) is 11.3 Å². The van der Waals surface area contributed by atoms with Crippen LogP contribution in [0.1, 0.15) is 11.7 Å². The van der Waals surface area contributed by atoms with Gasteiger partial charge in [-0.15, -0.1) is 0 Å². The summed E-state index contributed by atoms with van der Waals surface area (Å²) in [5, 5.41) is 26.4. The lowest BCUT2D eigenvalue weighted by Crippen LogP contribution is -2.29. The van der Waals surface area contributed by atoms with Gasteiger partial charge in [-0.05, 0) is 25.2 Å². The molecule has 0 aliphatic heterocycles. The van der Waals surface area contributed by atoms with Crippen molar-refractivity contribution < 1.29 is 14.6 Å². The maximum Gasteiger partial charge on any atom is 0.125 e. The number of halogens is 1. The summed E-state index contributed by atoms with van der Waals surface area (Å²) < 4.78 is 14.6. The molecule has 0 radical (unpaired) electrons. The van der Waals surface area contributed by atoms with Gasteiger partial charge in [-0.2, -0.15) is 5.10 Å². The van der Waals surface area contributed by atoms with Crippen LogP contribution < -0.4 is 5.32 Å². The number of rotatable bonds is 5. The summed E-state index contributed by atoms with van der Waals surface area (Å²) in [7, 11) is 1.69. The van der Waals surface area contributed by atoms with Crippen molar-refractivity contribution in [1.82, 2.24) is 15.1 Å². The monoisotopic (exact) mass is 265 g/mol. The first-order valence-electron chi connectivity index (χ1n) is 5.93. The Labute approximate surface area is 110 Å². The number of aliphatic hydroxyl groups excluding tert-OH is 2. The summed E-state index contributed by atoms with van der Waals surface area (Å²) >= 11 is 0. The number of aliphatic hydroxyl groups is 2. The van der Waals surface area contributed by atoms with E-state index in [2.05, 4.69) is 10.4 Å². The Morgan fingerprint density at radius 1 is 1.42 bits per heavy atom. The summed E-state index contributed by atoms with van der Waals surface area (Å²) in [4.78, 5) is 0. The van der Waals surface area contributed by atoms with Crippen molar-refractivity contribution >= 4 is 0 Å². The van der Waals surface area contributed by atoms with E-state index in [1.807, 2.05) is 0 Å². The molecule has 19 heavy (non-hydrogen) atoms. The molecule has 0 saturated heterocycles. The third-order valence-corrected chi connectivity index (χ3v) is 2.79. The normalized spacial score (nSPS) is 14.3. The second-order valence-corrected chi connectivity index (χ2v) is 4.27. The van der Waals surface area contributed by atoms with E-state index in [0.717, 1.165) is 0 Å². The lowest BCUT2D eigenvalue weighted by molar-refractivity contribution is 0.0202. The summed E-state index contributed by atoms with van der Waals surface area (Å²) in [5.74, 6) is -0.356. The maximum absolute atomic E-state index is 13.1. The first kappa shape index (κ1) is 13.7. The number of benzene rings is 1. The zero-order valence-corrected chi connectivity index (χ0v) is 10.5. The molecule has 2 atom stereocenters.